The second kappa shape index (κ2) is 14.5. The van der Waals surface area contributed by atoms with Gasteiger partial charge in [-0.25, -0.2) is 0 Å². The number of unbranched alkanes of at least 4 members (excludes halogenated alkanes) is 1. The summed E-state index contributed by atoms with van der Waals surface area (Å²) in [5.41, 5.74) is 0. The number of aliphatic hydroxyl groups excluding tert-OH is 3. The summed E-state index contributed by atoms with van der Waals surface area (Å²) in [5, 5.41) is 31.2. The Balaban J connectivity index is 0.000000754. The van der Waals surface area contributed by atoms with E-state index in [1.165, 1.54) is 6.08 Å². The lowest BCUT2D eigenvalue weighted by molar-refractivity contribution is -0.270. The number of rotatable bonds is 9. The molecule has 0 amide bonds. The van der Waals surface area contributed by atoms with Crippen LogP contribution in [-0.4, -0.2) is 73.0 Å². The number of aldehydes is 1. The first-order valence-electron chi connectivity index (χ1n) is 8.45. The highest BCUT2D eigenvalue weighted by atomic mass is 16.7. The highest BCUT2D eigenvalue weighted by Gasteiger charge is 2.36. The van der Waals surface area contributed by atoms with Crippen molar-refractivity contribution in [1.29, 1.82) is 0 Å². The van der Waals surface area contributed by atoms with E-state index in [4.69, 9.17) is 14.6 Å². The van der Waals surface area contributed by atoms with Crippen molar-refractivity contribution in [1.82, 2.24) is 5.32 Å². The van der Waals surface area contributed by atoms with E-state index >= 15 is 0 Å². The molecule has 0 aromatic carbocycles. The molecule has 142 valence electrons. The molecule has 0 aromatic rings. The van der Waals surface area contributed by atoms with Crippen LogP contribution >= 0.6 is 0 Å². The number of carbonyl (C=O) groups excluding carboxylic acids is 1. The third-order valence-electron chi connectivity index (χ3n) is 3.34. The lowest BCUT2D eigenvalue weighted by Crippen LogP contribution is -2.49. The number of hydrogen-bond acceptors (Lipinski definition) is 7. The number of nitrogens with one attached hydrogen (secondary N) is 1. The standard InChI is InChI=1S/C12H20O6.C5H13N/c13-5-3-1-2-4-6-17-12-10(16)7-9(15)11(8-14)18-12;1-5(2)4-6-3/h1,3,5,9-12,14-16H,2,4,6-8H2;5-6H,4H2,1-3H3/b3-1+;/t9?,10-,11+,12?;/m1./s1. The molecule has 1 rings (SSSR count). The number of aliphatic hydroxyl groups is 3. The van der Waals surface area contributed by atoms with E-state index in [9.17, 15) is 15.0 Å². The van der Waals surface area contributed by atoms with Gasteiger partial charge in [0.15, 0.2) is 6.29 Å². The molecule has 0 spiro atoms. The quantitative estimate of drug-likeness (QED) is 0.269. The summed E-state index contributed by atoms with van der Waals surface area (Å²) in [4.78, 5) is 10.0. The normalized spacial score (nSPS) is 27.1. The molecule has 0 radical (unpaired) electrons. The van der Waals surface area contributed by atoms with Gasteiger partial charge < -0.3 is 30.1 Å². The predicted molar refractivity (Wildman–Crippen MR) is 91.5 cm³/mol. The van der Waals surface area contributed by atoms with Gasteiger partial charge in [0.2, 0.25) is 0 Å². The van der Waals surface area contributed by atoms with Crippen LogP contribution in [0.5, 0.6) is 0 Å². The van der Waals surface area contributed by atoms with E-state index in [0.717, 1.165) is 12.5 Å². The Bertz CT molecular complexity index is 337. The van der Waals surface area contributed by atoms with E-state index in [2.05, 4.69) is 19.2 Å². The van der Waals surface area contributed by atoms with E-state index in [-0.39, 0.29) is 13.0 Å². The van der Waals surface area contributed by atoms with Gasteiger partial charge in [0.1, 0.15) is 18.5 Å². The highest BCUT2D eigenvalue weighted by molar-refractivity contribution is 5.64. The van der Waals surface area contributed by atoms with Crippen LogP contribution in [0.3, 0.4) is 0 Å². The highest BCUT2D eigenvalue weighted by Crippen LogP contribution is 2.21. The lowest BCUT2D eigenvalue weighted by Gasteiger charge is -2.36. The van der Waals surface area contributed by atoms with Crippen molar-refractivity contribution in [2.45, 2.75) is 57.7 Å². The Morgan fingerprint density at radius 1 is 1.33 bits per heavy atom. The Morgan fingerprint density at radius 2 is 2.04 bits per heavy atom. The first-order chi connectivity index (χ1) is 11.5. The van der Waals surface area contributed by atoms with Gasteiger partial charge in [0.05, 0.1) is 19.3 Å². The van der Waals surface area contributed by atoms with Crippen LogP contribution in [0.4, 0.5) is 0 Å². The molecule has 4 atom stereocenters. The zero-order chi connectivity index (χ0) is 18.4. The molecule has 7 heteroatoms. The summed E-state index contributed by atoms with van der Waals surface area (Å²) in [7, 11) is 1.97. The van der Waals surface area contributed by atoms with Crippen molar-refractivity contribution in [2.24, 2.45) is 5.92 Å². The smallest absolute Gasteiger partial charge is 0.184 e. The van der Waals surface area contributed by atoms with Gasteiger partial charge in [-0.05, 0) is 38.4 Å². The number of carbonyl (C=O) groups is 1. The minimum Gasteiger partial charge on any atom is -0.394 e. The largest absolute Gasteiger partial charge is 0.394 e. The molecule has 2 unspecified atom stereocenters. The van der Waals surface area contributed by atoms with Crippen molar-refractivity contribution in [3.8, 4) is 0 Å². The third kappa shape index (κ3) is 10.9. The fourth-order valence-electron chi connectivity index (χ4n) is 2.14. The second-order valence-electron chi connectivity index (χ2n) is 6.12. The van der Waals surface area contributed by atoms with Crippen molar-refractivity contribution in [3.63, 3.8) is 0 Å². The van der Waals surface area contributed by atoms with Crippen LogP contribution in [0.15, 0.2) is 12.2 Å². The van der Waals surface area contributed by atoms with Crippen molar-refractivity contribution < 1.29 is 29.6 Å². The van der Waals surface area contributed by atoms with Crippen LogP contribution < -0.4 is 5.32 Å². The van der Waals surface area contributed by atoms with Crippen LogP contribution in [0.1, 0.15) is 33.1 Å². The van der Waals surface area contributed by atoms with E-state index in [0.29, 0.717) is 25.7 Å². The minimum absolute atomic E-state index is 0.126. The SMILES string of the molecule is CNCC(C)C.O=C/C=C/CCCOC1O[C@@H](CO)C(O)C[C@H]1O. The van der Waals surface area contributed by atoms with E-state index < -0.39 is 24.6 Å². The zero-order valence-corrected chi connectivity index (χ0v) is 14.9. The maximum absolute atomic E-state index is 10.0. The average molecular weight is 347 g/mol. The molecule has 1 aliphatic heterocycles. The Morgan fingerprint density at radius 3 is 2.54 bits per heavy atom. The summed E-state index contributed by atoms with van der Waals surface area (Å²) in [6, 6.07) is 0. The molecule has 1 fully saturated rings. The van der Waals surface area contributed by atoms with Crippen LogP contribution in [0, 0.1) is 5.92 Å². The monoisotopic (exact) mass is 347 g/mol. The topological polar surface area (TPSA) is 108 Å². The fourth-order valence-corrected chi connectivity index (χ4v) is 2.14. The van der Waals surface area contributed by atoms with E-state index in [1.807, 2.05) is 7.05 Å². The van der Waals surface area contributed by atoms with Crippen molar-refractivity contribution in [2.75, 3.05) is 26.8 Å². The summed E-state index contributed by atoms with van der Waals surface area (Å²) < 4.78 is 10.6. The van der Waals surface area contributed by atoms with Gasteiger partial charge in [0, 0.05) is 6.42 Å². The fraction of sp³-hybridized carbons (Fsp3) is 0.824. The molecule has 0 saturated carbocycles. The molecule has 24 heavy (non-hydrogen) atoms. The molecule has 7 nitrogen and oxygen atoms in total. The molecule has 0 aromatic heterocycles. The molecule has 4 N–H and O–H groups in total. The molecular formula is C17H33NO6. The van der Waals surface area contributed by atoms with Gasteiger partial charge in [-0.3, -0.25) is 4.79 Å². The second-order valence-corrected chi connectivity index (χ2v) is 6.12. The number of hydrogen-bond donors (Lipinski definition) is 4. The van der Waals surface area contributed by atoms with E-state index in [1.54, 1.807) is 6.08 Å². The molecule has 1 aliphatic rings. The number of allylic oxidation sites excluding steroid dienone is 2. The molecule has 1 saturated heterocycles. The van der Waals surface area contributed by atoms with Gasteiger partial charge in [0.25, 0.3) is 0 Å². The van der Waals surface area contributed by atoms with Crippen LogP contribution in [-0.2, 0) is 14.3 Å². The molecule has 0 bridgehead atoms. The first kappa shape index (κ1) is 23.2. The maximum Gasteiger partial charge on any atom is 0.184 e. The van der Waals surface area contributed by atoms with Crippen molar-refractivity contribution in [3.05, 3.63) is 12.2 Å². The summed E-state index contributed by atoms with van der Waals surface area (Å²) in [5.74, 6) is 0.787. The minimum atomic E-state index is -0.895. The molecule has 1 heterocycles. The summed E-state index contributed by atoms with van der Waals surface area (Å²) in [6.45, 7) is 5.57. The molecular weight excluding hydrogens is 314 g/mol. The van der Waals surface area contributed by atoms with Crippen molar-refractivity contribution >= 4 is 6.29 Å². The van der Waals surface area contributed by atoms with Gasteiger partial charge >= 0.3 is 0 Å². The van der Waals surface area contributed by atoms with Crippen LogP contribution in [0.2, 0.25) is 0 Å². The van der Waals surface area contributed by atoms with Gasteiger partial charge in [-0.2, -0.15) is 0 Å². The summed E-state index contributed by atoms with van der Waals surface area (Å²) in [6.07, 6.45) is 2.08. The Hall–Kier alpha value is -0.830. The van der Waals surface area contributed by atoms with Crippen LogP contribution in [0.25, 0.3) is 0 Å². The summed E-state index contributed by atoms with van der Waals surface area (Å²) >= 11 is 0. The lowest BCUT2D eigenvalue weighted by atomic mass is 10.0. The average Bonchev–Trinajstić information content (AvgIpc) is 2.53. The third-order valence-corrected chi connectivity index (χ3v) is 3.34. The van der Waals surface area contributed by atoms with Gasteiger partial charge in [-0.15, -0.1) is 0 Å². The zero-order valence-electron chi connectivity index (χ0n) is 14.9. The van der Waals surface area contributed by atoms with Gasteiger partial charge in [-0.1, -0.05) is 19.9 Å². The molecule has 0 aliphatic carbocycles. The first-order valence-corrected chi connectivity index (χ1v) is 8.45. The Kier molecular flexibility index (Phi) is 14.0. The Labute approximate surface area is 144 Å². The predicted octanol–water partition coefficient (Wildman–Crippen LogP) is 0.229. The number of ether oxygens (including phenoxy) is 2. The maximum atomic E-state index is 10.0.